The predicted molar refractivity (Wildman–Crippen MR) is 91.6 cm³/mol. The number of nitrogens with zero attached hydrogens (tertiary/aromatic N) is 1. The van der Waals surface area contributed by atoms with Gasteiger partial charge in [0.25, 0.3) is 0 Å². The van der Waals surface area contributed by atoms with Gasteiger partial charge in [-0.15, -0.1) is 11.3 Å². The zero-order valence-electron chi connectivity index (χ0n) is 12.9. The molecule has 0 aliphatic carbocycles. The van der Waals surface area contributed by atoms with E-state index in [1.807, 2.05) is 50.2 Å². The molecule has 23 heavy (non-hydrogen) atoms. The highest BCUT2D eigenvalue weighted by atomic mass is 32.1. The molecule has 0 aliphatic heterocycles. The van der Waals surface area contributed by atoms with E-state index in [1.165, 1.54) is 11.3 Å². The molecule has 1 aromatic carbocycles. The third-order valence-corrected chi connectivity index (χ3v) is 4.60. The Kier molecular flexibility index (Phi) is 4.43. The molecular weight excluding hydrogens is 310 g/mol. The number of benzene rings is 1. The van der Waals surface area contributed by atoms with Crippen LogP contribution in [0.4, 0.5) is 10.5 Å². The van der Waals surface area contributed by atoms with Crippen molar-refractivity contribution >= 4 is 23.1 Å². The number of aryl methyl sites for hydroxylation is 2. The number of thiazole rings is 1. The molecule has 0 unspecified atom stereocenters. The van der Waals surface area contributed by atoms with Crippen molar-refractivity contribution in [2.45, 2.75) is 20.4 Å². The average Bonchev–Trinajstić information content (AvgIpc) is 3.17. The van der Waals surface area contributed by atoms with Crippen LogP contribution in [-0.4, -0.2) is 11.0 Å². The first-order valence-corrected chi connectivity index (χ1v) is 8.06. The Hall–Kier alpha value is -2.60. The van der Waals surface area contributed by atoms with Gasteiger partial charge in [-0.3, -0.25) is 0 Å². The molecule has 3 rings (SSSR count). The Balaban J connectivity index is 1.62. The van der Waals surface area contributed by atoms with Gasteiger partial charge in [-0.2, -0.15) is 0 Å². The number of anilines is 1. The fourth-order valence-corrected chi connectivity index (χ4v) is 3.11. The highest BCUT2D eigenvalue weighted by Crippen LogP contribution is 2.28. The molecule has 2 heterocycles. The van der Waals surface area contributed by atoms with Crippen molar-refractivity contribution in [3.8, 4) is 10.8 Å². The number of amides is 2. The summed E-state index contributed by atoms with van der Waals surface area (Å²) in [5.41, 5.74) is 2.73. The standard InChI is InChI=1S/C17H17N3O2S/c1-11-6-3-4-7-13(11)20-17(21)18-10-15-12(2)19-16(23-15)14-8-5-9-22-14/h3-9H,10H2,1-2H3,(H2,18,20,21). The van der Waals surface area contributed by atoms with Crippen molar-refractivity contribution in [2.24, 2.45) is 0 Å². The highest BCUT2D eigenvalue weighted by Gasteiger charge is 2.12. The minimum Gasteiger partial charge on any atom is -0.462 e. The molecule has 118 valence electrons. The van der Waals surface area contributed by atoms with Crippen LogP contribution >= 0.6 is 11.3 Å². The van der Waals surface area contributed by atoms with E-state index in [-0.39, 0.29) is 6.03 Å². The third-order valence-electron chi connectivity index (χ3n) is 3.43. The molecule has 3 aromatic rings. The van der Waals surface area contributed by atoms with Gasteiger partial charge < -0.3 is 15.1 Å². The average molecular weight is 327 g/mol. The Morgan fingerprint density at radius 2 is 2.04 bits per heavy atom. The van der Waals surface area contributed by atoms with Crippen LogP contribution in [-0.2, 0) is 6.54 Å². The van der Waals surface area contributed by atoms with Crippen molar-refractivity contribution in [1.29, 1.82) is 0 Å². The quantitative estimate of drug-likeness (QED) is 0.749. The Labute approximate surface area is 138 Å². The molecule has 6 heteroatoms. The number of furan rings is 1. The topological polar surface area (TPSA) is 67.2 Å². The van der Waals surface area contributed by atoms with Gasteiger partial charge in [-0.05, 0) is 37.6 Å². The van der Waals surface area contributed by atoms with Gasteiger partial charge in [0, 0.05) is 10.6 Å². The fourth-order valence-electron chi connectivity index (χ4n) is 2.14. The Bertz CT molecular complexity index is 809. The van der Waals surface area contributed by atoms with Crippen LogP contribution in [0.25, 0.3) is 10.8 Å². The zero-order valence-corrected chi connectivity index (χ0v) is 13.7. The van der Waals surface area contributed by atoms with Gasteiger partial charge in [-0.1, -0.05) is 18.2 Å². The normalized spacial score (nSPS) is 10.5. The summed E-state index contributed by atoms with van der Waals surface area (Å²) in [6.07, 6.45) is 1.62. The first kappa shape index (κ1) is 15.3. The number of rotatable bonds is 4. The lowest BCUT2D eigenvalue weighted by atomic mass is 10.2. The molecule has 0 bridgehead atoms. The smallest absolute Gasteiger partial charge is 0.319 e. The summed E-state index contributed by atoms with van der Waals surface area (Å²) in [6, 6.07) is 11.1. The molecule has 0 saturated carbocycles. The minimum absolute atomic E-state index is 0.230. The van der Waals surface area contributed by atoms with Crippen LogP contribution in [0.3, 0.4) is 0 Å². The van der Waals surface area contributed by atoms with Gasteiger partial charge in [0.2, 0.25) is 0 Å². The SMILES string of the molecule is Cc1ccccc1NC(=O)NCc1sc(-c2ccco2)nc1C. The van der Waals surface area contributed by atoms with Crippen LogP contribution < -0.4 is 10.6 Å². The third kappa shape index (κ3) is 3.60. The summed E-state index contributed by atoms with van der Waals surface area (Å²) >= 11 is 1.52. The molecule has 0 spiro atoms. The van der Waals surface area contributed by atoms with Gasteiger partial charge in [0.1, 0.15) is 0 Å². The van der Waals surface area contributed by atoms with E-state index in [2.05, 4.69) is 15.6 Å². The van der Waals surface area contributed by atoms with Crippen LogP contribution in [0.15, 0.2) is 47.1 Å². The first-order chi connectivity index (χ1) is 11.1. The van der Waals surface area contributed by atoms with Gasteiger partial charge in [-0.25, -0.2) is 9.78 Å². The van der Waals surface area contributed by atoms with E-state index in [9.17, 15) is 4.79 Å². The van der Waals surface area contributed by atoms with Gasteiger partial charge >= 0.3 is 6.03 Å². The zero-order chi connectivity index (χ0) is 16.2. The van der Waals surface area contributed by atoms with Crippen molar-refractivity contribution in [1.82, 2.24) is 10.3 Å². The summed E-state index contributed by atoms with van der Waals surface area (Å²) < 4.78 is 5.35. The summed E-state index contributed by atoms with van der Waals surface area (Å²) in [4.78, 5) is 17.5. The number of hydrogen-bond acceptors (Lipinski definition) is 4. The monoisotopic (exact) mass is 327 g/mol. The highest BCUT2D eigenvalue weighted by molar-refractivity contribution is 7.15. The summed E-state index contributed by atoms with van der Waals surface area (Å²) in [5.74, 6) is 0.744. The predicted octanol–water partition coefficient (Wildman–Crippen LogP) is 4.34. The second kappa shape index (κ2) is 6.66. The number of hydrogen-bond donors (Lipinski definition) is 2. The second-order valence-corrected chi connectivity index (χ2v) is 6.21. The van der Waals surface area contributed by atoms with Crippen LogP contribution in [0.1, 0.15) is 16.1 Å². The summed E-state index contributed by atoms with van der Waals surface area (Å²) in [6.45, 7) is 4.32. The number of carbonyl (C=O) groups excluding carboxylic acids is 1. The molecule has 2 aromatic heterocycles. The minimum atomic E-state index is -0.230. The number of urea groups is 1. The summed E-state index contributed by atoms with van der Waals surface area (Å²) in [5, 5.41) is 6.54. The number of carbonyl (C=O) groups is 1. The van der Waals surface area contributed by atoms with Gasteiger partial charge in [0.05, 0.1) is 18.5 Å². The Morgan fingerprint density at radius 1 is 1.22 bits per heavy atom. The molecule has 2 N–H and O–H groups in total. The maximum Gasteiger partial charge on any atom is 0.319 e. The van der Waals surface area contributed by atoms with Crippen LogP contribution in [0.2, 0.25) is 0 Å². The van der Waals surface area contributed by atoms with Crippen molar-refractivity contribution in [2.75, 3.05) is 5.32 Å². The molecule has 0 fully saturated rings. The molecule has 2 amide bonds. The van der Waals surface area contributed by atoms with Crippen molar-refractivity contribution in [3.63, 3.8) is 0 Å². The lowest BCUT2D eigenvalue weighted by Gasteiger charge is -2.09. The first-order valence-electron chi connectivity index (χ1n) is 7.24. The molecule has 0 aliphatic rings. The number of nitrogens with one attached hydrogen (secondary N) is 2. The van der Waals surface area contributed by atoms with E-state index in [1.54, 1.807) is 6.26 Å². The molecule has 5 nitrogen and oxygen atoms in total. The van der Waals surface area contributed by atoms with E-state index < -0.39 is 0 Å². The maximum absolute atomic E-state index is 12.0. The van der Waals surface area contributed by atoms with Crippen molar-refractivity contribution < 1.29 is 9.21 Å². The Morgan fingerprint density at radius 3 is 2.78 bits per heavy atom. The lowest BCUT2D eigenvalue weighted by molar-refractivity contribution is 0.252. The number of aromatic nitrogens is 1. The van der Waals surface area contributed by atoms with E-state index in [0.29, 0.717) is 6.54 Å². The van der Waals surface area contributed by atoms with Crippen molar-refractivity contribution in [3.05, 3.63) is 58.8 Å². The molecule has 0 radical (unpaired) electrons. The van der Waals surface area contributed by atoms with Crippen LogP contribution in [0, 0.1) is 13.8 Å². The molecular formula is C17H17N3O2S. The lowest BCUT2D eigenvalue weighted by Crippen LogP contribution is -2.28. The van der Waals surface area contributed by atoms with Crippen LogP contribution in [0.5, 0.6) is 0 Å². The largest absolute Gasteiger partial charge is 0.462 e. The van der Waals surface area contributed by atoms with E-state index in [4.69, 9.17) is 4.42 Å². The van der Waals surface area contributed by atoms with E-state index in [0.717, 1.165) is 32.6 Å². The number of para-hydroxylation sites is 1. The van der Waals surface area contributed by atoms with Gasteiger partial charge in [0.15, 0.2) is 10.8 Å². The summed E-state index contributed by atoms with van der Waals surface area (Å²) in [7, 11) is 0. The molecule has 0 saturated heterocycles. The maximum atomic E-state index is 12.0. The second-order valence-electron chi connectivity index (χ2n) is 5.13. The molecule has 0 atom stereocenters. The van der Waals surface area contributed by atoms with E-state index >= 15 is 0 Å². The fraction of sp³-hybridized carbons (Fsp3) is 0.176.